The van der Waals surface area contributed by atoms with Gasteiger partial charge in [-0.2, -0.15) is 9.78 Å². The van der Waals surface area contributed by atoms with Crippen molar-refractivity contribution in [2.24, 2.45) is 5.10 Å². The van der Waals surface area contributed by atoms with E-state index < -0.39 is 0 Å². The lowest BCUT2D eigenvalue weighted by Crippen LogP contribution is -2.23. The Labute approximate surface area is 215 Å². The van der Waals surface area contributed by atoms with Crippen molar-refractivity contribution in [2.75, 3.05) is 11.9 Å². The van der Waals surface area contributed by atoms with E-state index in [1.54, 1.807) is 36.5 Å². The molecule has 1 N–H and O–H groups in total. The molecule has 4 aromatic rings. The second-order valence-corrected chi connectivity index (χ2v) is 9.13. The first-order valence-corrected chi connectivity index (χ1v) is 12.2. The lowest BCUT2D eigenvalue weighted by atomic mass is 10.1. The zero-order chi connectivity index (χ0) is 25.7. The maximum absolute atomic E-state index is 13.2. The molecular weight excluding hydrogens is 527 g/mol. The van der Waals surface area contributed by atoms with E-state index in [0.29, 0.717) is 28.2 Å². The lowest BCUT2D eigenvalue weighted by Gasteiger charge is -2.14. The van der Waals surface area contributed by atoms with Crippen molar-refractivity contribution in [3.63, 3.8) is 0 Å². The molecule has 3 aromatic carbocycles. The molecule has 4 rings (SSSR count). The summed E-state index contributed by atoms with van der Waals surface area (Å²) in [6.07, 6.45) is 2.40. The lowest BCUT2D eigenvalue weighted by molar-refractivity contribution is -0.118. The van der Waals surface area contributed by atoms with Crippen molar-refractivity contribution < 1.29 is 13.9 Å². The summed E-state index contributed by atoms with van der Waals surface area (Å²) in [7, 11) is 0. The maximum Gasteiger partial charge on any atom is 0.282 e. The molecule has 184 valence electrons. The van der Waals surface area contributed by atoms with E-state index in [1.165, 1.54) is 28.9 Å². The van der Waals surface area contributed by atoms with Crippen LogP contribution in [-0.4, -0.2) is 28.4 Å². The molecule has 0 saturated carbocycles. The van der Waals surface area contributed by atoms with E-state index in [9.17, 15) is 14.0 Å². The van der Waals surface area contributed by atoms with Crippen LogP contribution >= 0.6 is 15.9 Å². The summed E-state index contributed by atoms with van der Waals surface area (Å²) >= 11 is 3.41. The summed E-state index contributed by atoms with van der Waals surface area (Å²) < 4.78 is 20.7. The minimum absolute atomic E-state index is 0.0414. The van der Waals surface area contributed by atoms with E-state index in [0.717, 1.165) is 16.5 Å². The molecule has 1 atom stereocenters. The second-order valence-electron chi connectivity index (χ2n) is 8.22. The van der Waals surface area contributed by atoms with Crippen molar-refractivity contribution >= 4 is 44.6 Å². The van der Waals surface area contributed by atoms with Gasteiger partial charge < -0.3 is 10.1 Å². The fourth-order valence-electron chi connectivity index (χ4n) is 3.43. The predicted molar refractivity (Wildman–Crippen MR) is 142 cm³/mol. The second kappa shape index (κ2) is 11.3. The fourth-order valence-corrected chi connectivity index (χ4v) is 3.79. The van der Waals surface area contributed by atoms with Crippen molar-refractivity contribution in [1.82, 2.24) is 9.66 Å². The van der Waals surface area contributed by atoms with Gasteiger partial charge in [0.25, 0.3) is 11.5 Å². The van der Waals surface area contributed by atoms with Gasteiger partial charge >= 0.3 is 0 Å². The number of hydrogen-bond donors (Lipinski definition) is 1. The Morgan fingerprint density at radius 3 is 2.58 bits per heavy atom. The average molecular weight is 551 g/mol. The average Bonchev–Trinajstić information content (AvgIpc) is 2.88. The topological polar surface area (TPSA) is 85.6 Å². The summed E-state index contributed by atoms with van der Waals surface area (Å²) in [5.74, 6) is 0.398. The van der Waals surface area contributed by atoms with Gasteiger partial charge in [0, 0.05) is 16.1 Å². The third-order valence-corrected chi connectivity index (χ3v) is 6.08. The number of fused-ring (bicyclic) bond motifs is 1. The van der Waals surface area contributed by atoms with Gasteiger partial charge in [-0.05, 0) is 78.7 Å². The van der Waals surface area contributed by atoms with Crippen molar-refractivity contribution in [2.45, 2.75) is 26.2 Å². The number of carbonyl (C=O) groups excluding carboxylic acids is 1. The third-order valence-electron chi connectivity index (χ3n) is 5.59. The molecular formula is C27H24BrFN4O3. The highest BCUT2D eigenvalue weighted by molar-refractivity contribution is 9.10. The summed E-state index contributed by atoms with van der Waals surface area (Å²) in [5, 5.41) is 7.57. The molecule has 1 heterocycles. The minimum Gasteiger partial charge on any atom is -0.484 e. The first-order valence-electron chi connectivity index (χ1n) is 11.4. The van der Waals surface area contributed by atoms with E-state index in [1.807, 2.05) is 26.0 Å². The van der Waals surface area contributed by atoms with Crippen molar-refractivity contribution in [3.8, 4) is 5.75 Å². The predicted octanol–water partition coefficient (Wildman–Crippen LogP) is 5.71. The quantitative estimate of drug-likeness (QED) is 0.284. The summed E-state index contributed by atoms with van der Waals surface area (Å²) in [5.41, 5.74) is 1.63. The van der Waals surface area contributed by atoms with Gasteiger partial charge in [0.15, 0.2) is 6.61 Å². The number of aromatic nitrogens is 2. The van der Waals surface area contributed by atoms with Crippen LogP contribution in [0.3, 0.4) is 0 Å². The number of anilines is 1. The van der Waals surface area contributed by atoms with Gasteiger partial charge in [-0.1, -0.05) is 29.8 Å². The highest BCUT2D eigenvalue weighted by Gasteiger charge is 2.15. The molecule has 1 aromatic heterocycles. The number of nitrogens with one attached hydrogen (secondary N) is 1. The molecule has 0 spiro atoms. The zero-order valence-corrected chi connectivity index (χ0v) is 21.3. The number of benzene rings is 3. The molecule has 0 aliphatic heterocycles. The van der Waals surface area contributed by atoms with Gasteiger partial charge in [-0.15, -0.1) is 0 Å². The number of ether oxygens (including phenoxy) is 1. The molecule has 7 nitrogen and oxygen atoms in total. The Morgan fingerprint density at radius 1 is 1.17 bits per heavy atom. The minimum atomic E-state index is -0.376. The number of rotatable bonds is 8. The molecule has 0 saturated heterocycles. The molecule has 36 heavy (non-hydrogen) atoms. The van der Waals surface area contributed by atoms with Crippen LogP contribution < -0.4 is 15.6 Å². The number of carbonyl (C=O) groups is 1. The van der Waals surface area contributed by atoms with E-state index in [-0.39, 0.29) is 29.8 Å². The van der Waals surface area contributed by atoms with E-state index in [2.05, 4.69) is 26.3 Å². The largest absolute Gasteiger partial charge is 0.484 e. The molecule has 0 aliphatic rings. The van der Waals surface area contributed by atoms with Crippen molar-refractivity contribution in [3.05, 3.63) is 98.8 Å². The number of amides is 1. The molecule has 0 bridgehead atoms. The SMILES string of the molecule is CC[C@H](C)c1nc2ccc(Br)cc2c(=O)n1N=Cc1ccc(OCC(=O)Nc2ccc(F)cc2)cc1. The van der Waals surface area contributed by atoms with Crippen molar-refractivity contribution in [1.29, 1.82) is 0 Å². The van der Waals surface area contributed by atoms with E-state index >= 15 is 0 Å². The molecule has 0 fully saturated rings. The van der Waals surface area contributed by atoms with E-state index in [4.69, 9.17) is 9.72 Å². The zero-order valence-electron chi connectivity index (χ0n) is 19.7. The van der Waals surface area contributed by atoms with Gasteiger partial charge in [-0.3, -0.25) is 9.59 Å². The maximum atomic E-state index is 13.2. The van der Waals surface area contributed by atoms with Crippen LogP contribution in [0.15, 0.2) is 81.1 Å². The Morgan fingerprint density at radius 2 is 1.89 bits per heavy atom. The van der Waals surface area contributed by atoms with Crippen LogP contribution in [0.25, 0.3) is 10.9 Å². The highest BCUT2D eigenvalue weighted by atomic mass is 79.9. The monoisotopic (exact) mass is 550 g/mol. The standard InChI is InChI=1S/C27H24BrFN4O3/c1-3-17(2)26-32-24-13-6-19(28)14-23(24)27(35)33(26)30-15-18-4-11-22(12-5-18)36-16-25(34)31-21-9-7-20(29)8-10-21/h4-15,17H,3,16H2,1-2H3,(H,31,34)/t17-/m0/s1. The van der Waals surface area contributed by atoms with Crippen LogP contribution in [0, 0.1) is 5.82 Å². The first kappa shape index (κ1) is 25.2. The molecule has 1 amide bonds. The number of halogens is 2. The number of nitrogens with zero attached hydrogens (tertiary/aromatic N) is 3. The third kappa shape index (κ3) is 6.04. The van der Waals surface area contributed by atoms with Crippen LogP contribution in [0.5, 0.6) is 5.75 Å². The molecule has 0 unspecified atom stereocenters. The van der Waals surface area contributed by atoms with Gasteiger partial charge in [0.05, 0.1) is 17.1 Å². The summed E-state index contributed by atoms with van der Waals surface area (Å²) in [6, 6.07) is 17.9. The Hall–Kier alpha value is -3.85. The highest BCUT2D eigenvalue weighted by Crippen LogP contribution is 2.21. The smallest absolute Gasteiger partial charge is 0.282 e. The molecule has 0 aliphatic carbocycles. The molecule has 9 heteroatoms. The van der Waals surface area contributed by atoms with Crippen LogP contribution in [0.2, 0.25) is 0 Å². The summed E-state index contributed by atoms with van der Waals surface area (Å²) in [6.45, 7) is 3.85. The Bertz CT molecular complexity index is 1470. The number of hydrogen-bond acceptors (Lipinski definition) is 5. The normalized spacial score (nSPS) is 12.1. The van der Waals surface area contributed by atoms with Crippen LogP contribution in [0.1, 0.15) is 37.6 Å². The van der Waals surface area contributed by atoms with Gasteiger partial charge in [-0.25, -0.2) is 9.37 Å². The van der Waals surface area contributed by atoms with Crippen LogP contribution in [-0.2, 0) is 4.79 Å². The Kier molecular flexibility index (Phi) is 7.90. The summed E-state index contributed by atoms with van der Waals surface area (Å²) in [4.78, 5) is 30.0. The first-order chi connectivity index (χ1) is 17.3. The Balaban J connectivity index is 1.48. The fraction of sp³-hybridized carbons (Fsp3) is 0.185. The van der Waals surface area contributed by atoms with Gasteiger partial charge in [0.2, 0.25) is 0 Å². The molecule has 0 radical (unpaired) electrons. The van der Waals surface area contributed by atoms with Crippen LogP contribution in [0.4, 0.5) is 10.1 Å². The van der Waals surface area contributed by atoms with Gasteiger partial charge in [0.1, 0.15) is 17.4 Å².